The zero-order valence-electron chi connectivity index (χ0n) is 12.4. The fourth-order valence-corrected chi connectivity index (χ4v) is 2.40. The van der Waals surface area contributed by atoms with E-state index in [2.05, 4.69) is 12.2 Å². The molecule has 0 aliphatic heterocycles. The van der Waals surface area contributed by atoms with Gasteiger partial charge in [-0.05, 0) is 18.1 Å². The van der Waals surface area contributed by atoms with Gasteiger partial charge in [0.05, 0.1) is 5.92 Å². The number of nitrogens with one attached hydrogen (secondary N) is 1. The number of nitrogens with two attached hydrogens (primary N) is 1. The molecule has 0 fully saturated rings. The molecule has 110 valence electrons. The highest BCUT2D eigenvalue weighted by atomic mass is 16.1. The van der Waals surface area contributed by atoms with Crippen LogP contribution in [-0.4, -0.2) is 12.5 Å². The van der Waals surface area contributed by atoms with Crippen molar-refractivity contribution < 1.29 is 4.79 Å². The van der Waals surface area contributed by atoms with Gasteiger partial charge in [-0.25, -0.2) is 0 Å². The van der Waals surface area contributed by atoms with E-state index in [4.69, 9.17) is 5.73 Å². The summed E-state index contributed by atoms with van der Waals surface area (Å²) in [6, 6.07) is 17.9. The Bertz CT molecular complexity index is 581. The topological polar surface area (TPSA) is 55.1 Å². The van der Waals surface area contributed by atoms with Gasteiger partial charge in [-0.1, -0.05) is 61.9 Å². The Hall–Kier alpha value is -2.13. The Morgan fingerprint density at radius 2 is 1.76 bits per heavy atom. The van der Waals surface area contributed by atoms with Crippen molar-refractivity contribution in [2.45, 2.75) is 19.8 Å². The van der Waals surface area contributed by atoms with E-state index >= 15 is 0 Å². The molecule has 0 aromatic heterocycles. The first-order valence-electron chi connectivity index (χ1n) is 7.41. The molecule has 0 saturated heterocycles. The van der Waals surface area contributed by atoms with Gasteiger partial charge in [0.1, 0.15) is 0 Å². The first-order valence-corrected chi connectivity index (χ1v) is 7.41. The number of hydrogen-bond donors (Lipinski definition) is 2. The number of anilines is 1. The van der Waals surface area contributed by atoms with E-state index in [0.29, 0.717) is 6.54 Å². The highest BCUT2D eigenvalue weighted by molar-refractivity contribution is 5.96. The maximum Gasteiger partial charge on any atom is 0.228 e. The lowest BCUT2D eigenvalue weighted by atomic mass is 10.0. The number of benzene rings is 2. The monoisotopic (exact) mass is 282 g/mol. The molecular formula is C18H22N2O. The second kappa shape index (κ2) is 7.60. The minimum atomic E-state index is -0.126. The van der Waals surface area contributed by atoms with Crippen molar-refractivity contribution in [3.63, 3.8) is 0 Å². The SMILES string of the molecule is CCCC(CN)C(=O)Nc1ccccc1-c1ccccc1. The van der Waals surface area contributed by atoms with Gasteiger partial charge < -0.3 is 11.1 Å². The van der Waals surface area contributed by atoms with Gasteiger partial charge in [-0.15, -0.1) is 0 Å². The highest BCUT2D eigenvalue weighted by Crippen LogP contribution is 2.28. The first kappa shape index (κ1) is 15.3. The molecule has 2 rings (SSSR count). The maximum absolute atomic E-state index is 12.3. The number of para-hydroxylation sites is 1. The van der Waals surface area contributed by atoms with Crippen LogP contribution in [0.4, 0.5) is 5.69 Å². The van der Waals surface area contributed by atoms with Gasteiger partial charge in [0, 0.05) is 17.8 Å². The van der Waals surface area contributed by atoms with Crippen LogP contribution in [0.3, 0.4) is 0 Å². The molecule has 1 amide bonds. The molecule has 0 saturated carbocycles. The van der Waals surface area contributed by atoms with Crippen LogP contribution in [0.1, 0.15) is 19.8 Å². The van der Waals surface area contributed by atoms with Gasteiger partial charge >= 0.3 is 0 Å². The van der Waals surface area contributed by atoms with Crippen molar-refractivity contribution in [2.24, 2.45) is 11.7 Å². The van der Waals surface area contributed by atoms with E-state index in [1.807, 2.05) is 54.6 Å². The standard InChI is InChI=1S/C18H22N2O/c1-2-8-15(13-19)18(21)20-17-12-7-6-11-16(17)14-9-4-3-5-10-14/h3-7,9-12,15H,2,8,13,19H2,1H3,(H,20,21). The summed E-state index contributed by atoms with van der Waals surface area (Å²) in [5.41, 5.74) is 8.66. The van der Waals surface area contributed by atoms with Crippen molar-refractivity contribution in [1.82, 2.24) is 0 Å². The summed E-state index contributed by atoms with van der Waals surface area (Å²) in [5.74, 6) is -0.124. The summed E-state index contributed by atoms with van der Waals surface area (Å²) in [6.45, 7) is 2.45. The zero-order valence-corrected chi connectivity index (χ0v) is 12.4. The second-order valence-electron chi connectivity index (χ2n) is 5.12. The average molecular weight is 282 g/mol. The number of rotatable bonds is 6. The molecule has 2 aromatic rings. The fourth-order valence-electron chi connectivity index (χ4n) is 2.40. The van der Waals surface area contributed by atoms with Crippen LogP contribution >= 0.6 is 0 Å². The molecule has 3 heteroatoms. The quantitative estimate of drug-likeness (QED) is 0.849. The molecule has 3 N–H and O–H groups in total. The molecular weight excluding hydrogens is 260 g/mol. The highest BCUT2D eigenvalue weighted by Gasteiger charge is 2.17. The van der Waals surface area contributed by atoms with Crippen molar-refractivity contribution in [3.05, 3.63) is 54.6 Å². The largest absolute Gasteiger partial charge is 0.330 e. The van der Waals surface area contributed by atoms with E-state index in [0.717, 1.165) is 29.7 Å². The molecule has 1 atom stereocenters. The third-order valence-electron chi connectivity index (χ3n) is 3.56. The Morgan fingerprint density at radius 1 is 1.10 bits per heavy atom. The summed E-state index contributed by atoms with van der Waals surface area (Å²) in [5, 5.41) is 3.03. The smallest absolute Gasteiger partial charge is 0.228 e. The van der Waals surface area contributed by atoms with Crippen molar-refractivity contribution >= 4 is 11.6 Å². The Labute approximate surface area is 126 Å². The van der Waals surface area contributed by atoms with Crippen molar-refractivity contribution in [3.8, 4) is 11.1 Å². The normalized spacial score (nSPS) is 11.9. The van der Waals surface area contributed by atoms with E-state index in [-0.39, 0.29) is 11.8 Å². The molecule has 2 aromatic carbocycles. The van der Waals surface area contributed by atoms with E-state index in [9.17, 15) is 4.79 Å². The van der Waals surface area contributed by atoms with Crippen LogP contribution < -0.4 is 11.1 Å². The van der Waals surface area contributed by atoms with E-state index in [1.165, 1.54) is 0 Å². The molecule has 0 aliphatic carbocycles. The Kier molecular flexibility index (Phi) is 5.52. The van der Waals surface area contributed by atoms with Gasteiger partial charge in [-0.2, -0.15) is 0 Å². The summed E-state index contributed by atoms with van der Waals surface area (Å²) in [6.07, 6.45) is 1.77. The minimum absolute atomic E-state index is 0.00253. The number of carbonyl (C=O) groups is 1. The summed E-state index contributed by atoms with van der Waals surface area (Å²) in [7, 11) is 0. The Balaban J connectivity index is 2.23. The van der Waals surface area contributed by atoms with Crippen LogP contribution in [0.25, 0.3) is 11.1 Å². The lowest BCUT2D eigenvalue weighted by Gasteiger charge is -2.16. The average Bonchev–Trinajstić information content (AvgIpc) is 2.54. The van der Waals surface area contributed by atoms with Crippen LogP contribution in [-0.2, 0) is 4.79 Å². The van der Waals surface area contributed by atoms with Crippen LogP contribution in [0.15, 0.2) is 54.6 Å². The fraction of sp³-hybridized carbons (Fsp3) is 0.278. The summed E-state index contributed by atoms with van der Waals surface area (Å²) in [4.78, 5) is 12.3. The third kappa shape index (κ3) is 3.92. The van der Waals surface area contributed by atoms with E-state index < -0.39 is 0 Å². The van der Waals surface area contributed by atoms with Crippen molar-refractivity contribution in [2.75, 3.05) is 11.9 Å². The van der Waals surface area contributed by atoms with Gasteiger partial charge in [-0.3, -0.25) is 4.79 Å². The van der Waals surface area contributed by atoms with Gasteiger partial charge in [0.25, 0.3) is 0 Å². The zero-order chi connectivity index (χ0) is 15.1. The predicted octanol–water partition coefficient (Wildman–Crippen LogP) is 3.67. The van der Waals surface area contributed by atoms with Crippen molar-refractivity contribution in [1.29, 1.82) is 0 Å². The minimum Gasteiger partial charge on any atom is -0.330 e. The van der Waals surface area contributed by atoms with Crippen LogP contribution in [0.5, 0.6) is 0 Å². The molecule has 21 heavy (non-hydrogen) atoms. The molecule has 0 aliphatic rings. The first-order chi connectivity index (χ1) is 10.3. The molecule has 0 heterocycles. The van der Waals surface area contributed by atoms with Gasteiger partial charge in [0.15, 0.2) is 0 Å². The summed E-state index contributed by atoms with van der Waals surface area (Å²) < 4.78 is 0. The van der Waals surface area contributed by atoms with Gasteiger partial charge in [0.2, 0.25) is 5.91 Å². The number of amides is 1. The Morgan fingerprint density at radius 3 is 2.43 bits per heavy atom. The molecule has 3 nitrogen and oxygen atoms in total. The third-order valence-corrected chi connectivity index (χ3v) is 3.56. The van der Waals surface area contributed by atoms with Crippen LogP contribution in [0, 0.1) is 5.92 Å². The molecule has 0 radical (unpaired) electrons. The predicted molar refractivity (Wildman–Crippen MR) is 88.0 cm³/mol. The lowest BCUT2D eigenvalue weighted by Crippen LogP contribution is -2.29. The molecule has 0 bridgehead atoms. The number of carbonyl (C=O) groups excluding carboxylic acids is 1. The number of hydrogen-bond acceptors (Lipinski definition) is 2. The lowest BCUT2D eigenvalue weighted by molar-refractivity contribution is -0.119. The second-order valence-corrected chi connectivity index (χ2v) is 5.12. The van der Waals surface area contributed by atoms with E-state index in [1.54, 1.807) is 0 Å². The molecule has 0 spiro atoms. The maximum atomic E-state index is 12.3. The summed E-state index contributed by atoms with van der Waals surface area (Å²) >= 11 is 0. The van der Waals surface area contributed by atoms with Crippen LogP contribution in [0.2, 0.25) is 0 Å². The molecule has 1 unspecified atom stereocenters.